The fourth-order valence-corrected chi connectivity index (χ4v) is 1.87. The van der Waals surface area contributed by atoms with Gasteiger partial charge in [-0.2, -0.15) is 0 Å². The highest BCUT2D eigenvalue weighted by Gasteiger charge is 1.93. The fraction of sp³-hybridized carbons (Fsp3) is 0. The van der Waals surface area contributed by atoms with Gasteiger partial charge >= 0.3 is 0 Å². The van der Waals surface area contributed by atoms with Crippen molar-refractivity contribution in [2.24, 2.45) is 0 Å². The molecule has 0 N–H and O–H groups in total. The molecule has 0 nitrogen and oxygen atoms in total. The second-order valence-electron chi connectivity index (χ2n) is 3.69. The summed E-state index contributed by atoms with van der Waals surface area (Å²) >= 11 is 3.07. The summed E-state index contributed by atoms with van der Waals surface area (Å²) in [6, 6.07) is -6.28. The van der Waals surface area contributed by atoms with Crippen LogP contribution in [0.25, 0.3) is 21.5 Å². The van der Waals surface area contributed by atoms with Crippen molar-refractivity contribution >= 4 is 37.5 Å². The number of halogens is 1. The lowest BCUT2D eigenvalue weighted by atomic mass is 10.1. The van der Waals surface area contributed by atoms with Crippen molar-refractivity contribution in [2.75, 3.05) is 0 Å². The fourth-order valence-electron chi connectivity index (χ4n) is 1.47. The molecular formula is C20H15Br. The number of hydrogen-bond donors (Lipinski definition) is 0. The van der Waals surface area contributed by atoms with Crippen LogP contribution < -0.4 is 0 Å². The van der Waals surface area contributed by atoms with E-state index in [1.54, 1.807) is 0 Å². The topological polar surface area (TPSA) is 0 Å². The van der Waals surface area contributed by atoms with Crippen molar-refractivity contribution in [3.63, 3.8) is 0 Å². The van der Waals surface area contributed by atoms with E-state index in [1.807, 2.05) is 0 Å². The van der Waals surface area contributed by atoms with Crippen molar-refractivity contribution in [3.05, 3.63) is 95.1 Å². The molecule has 1 heteroatoms. The largest absolute Gasteiger partial charge is 0.0635 e. The summed E-state index contributed by atoms with van der Waals surface area (Å²) in [6.45, 7) is 0. The van der Waals surface area contributed by atoms with E-state index in [-0.39, 0.29) is 56.2 Å². The van der Waals surface area contributed by atoms with E-state index in [9.17, 15) is 0 Å². The summed E-state index contributed by atoms with van der Waals surface area (Å²) in [5.41, 5.74) is 0. The zero-order valence-corrected chi connectivity index (χ0v) is 12.0. The first-order valence-electron chi connectivity index (χ1n) is 13.2. The van der Waals surface area contributed by atoms with Crippen LogP contribution in [0.2, 0.25) is 0 Å². The van der Waals surface area contributed by atoms with E-state index in [0.29, 0.717) is 0 Å². The zero-order chi connectivity index (χ0) is 27.5. The van der Waals surface area contributed by atoms with Crippen LogP contribution in [0.15, 0.2) is 95.1 Å². The van der Waals surface area contributed by atoms with Gasteiger partial charge in [-0.1, -0.05) is 101 Å². The summed E-state index contributed by atoms with van der Waals surface area (Å²) in [5, 5.41) is -0.306. The van der Waals surface area contributed by atoms with E-state index in [2.05, 4.69) is 15.9 Å². The maximum Gasteiger partial charge on any atom is 0.0635 e. The third-order valence-corrected chi connectivity index (χ3v) is 2.99. The maximum atomic E-state index is 7.78. The maximum absolute atomic E-state index is 7.78. The highest BCUT2D eigenvalue weighted by atomic mass is 79.9. The molecule has 0 radical (unpaired) electrons. The van der Waals surface area contributed by atoms with Crippen molar-refractivity contribution in [1.82, 2.24) is 0 Å². The van der Waals surface area contributed by atoms with Gasteiger partial charge in [0.25, 0.3) is 0 Å². The standard InChI is InChI=1S/C10H7Br.C10H8/c11-10-7-3-5-8-4-1-2-6-9(8)10;1-2-6-10-8-4-3-7-9(10)5-1/h1-7H;1-8H/i1D,2D,3D,4D,5D,6D,7D;1D,2D,3D,4D,5D,6D,7D,8D. The van der Waals surface area contributed by atoms with Crippen LogP contribution in [-0.2, 0) is 0 Å². The van der Waals surface area contributed by atoms with Crippen molar-refractivity contribution in [2.45, 2.75) is 0 Å². The molecule has 0 unspecified atom stereocenters. The Morgan fingerprint density at radius 2 is 0.952 bits per heavy atom. The summed E-state index contributed by atoms with van der Waals surface area (Å²) in [4.78, 5) is 0. The average Bonchev–Trinajstić information content (AvgIpc) is 2.85. The molecule has 0 atom stereocenters. The van der Waals surface area contributed by atoms with Crippen molar-refractivity contribution in [3.8, 4) is 0 Å². The van der Waals surface area contributed by atoms with E-state index >= 15 is 0 Å². The summed E-state index contributed by atoms with van der Waals surface area (Å²) in [6.07, 6.45) is 0. The zero-order valence-electron chi connectivity index (χ0n) is 25.4. The quantitative estimate of drug-likeness (QED) is 0.342. The Morgan fingerprint density at radius 1 is 0.524 bits per heavy atom. The Hall–Kier alpha value is -2.12. The summed E-state index contributed by atoms with van der Waals surface area (Å²) in [5.74, 6) is 0. The minimum absolute atomic E-state index is 0.0334. The second-order valence-corrected chi connectivity index (χ2v) is 4.48. The molecule has 0 amide bonds. The molecule has 4 rings (SSSR count). The van der Waals surface area contributed by atoms with E-state index < -0.39 is 60.4 Å². The lowest BCUT2D eigenvalue weighted by Crippen LogP contribution is -1.71. The Kier molecular flexibility index (Phi) is 1.46. The number of rotatable bonds is 0. The predicted molar refractivity (Wildman–Crippen MR) is 95.6 cm³/mol. The number of hydrogen-bond acceptors (Lipinski definition) is 0. The van der Waals surface area contributed by atoms with Crippen LogP contribution in [0, 0.1) is 0 Å². The first-order chi connectivity index (χ1) is 16.6. The molecule has 0 aliphatic carbocycles. The van der Waals surface area contributed by atoms with Crippen LogP contribution in [-0.4, -0.2) is 0 Å². The Labute approximate surface area is 154 Å². The van der Waals surface area contributed by atoms with Crippen LogP contribution in [0.5, 0.6) is 0 Å². The smallest absolute Gasteiger partial charge is 0.0616 e. The van der Waals surface area contributed by atoms with Gasteiger partial charge in [-0.25, -0.2) is 0 Å². The van der Waals surface area contributed by atoms with Gasteiger partial charge < -0.3 is 0 Å². The van der Waals surface area contributed by atoms with Gasteiger partial charge in [-0.05, 0) is 27.6 Å². The third-order valence-electron chi connectivity index (χ3n) is 2.39. The van der Waals surface area contributed by atoms with Gasteiger partial charge in [0.15, 0.2) is 0 Å². The van der Waals surface area contributed by atoms with Gasteiger partial charge in [-0.15, -0.1) is 0 Å². The van der Waals surface area contributed by atoms with E-state index in [4.69, 9.17) is 20.6 Å². The SMILES string of the molecule is [2H]c1c([2H])c([2H])c2c(Br)c([2H])c([2H])c([2H])c2c1[2H].[2H]c1c([2H])c([2H])c2c([2H])c([2H])c([2H])c([2H])c2c1[2H]. The number of benzene rings is 4. The van der Waals surface area contributed by atoms with Gasteiger partial charge in [0.05, 0.1) is 20.6 Å². The first kappa shape index (κ1) is 4.69. The molecule has 4 aromatic rings. The minimum Gasteiger partial charge on any atom is -0.0616 e. The minimum atomic E-state index is -0.502. The molecule has 0 aromatic heterocycles. The molecule has 0 saturated heterocycles. The van der Waals surface area contributed by atoms with Crippen LogP contribution in [0.3, 0.4) is 0 Å². The molecule has 0 saturated carbocycles. The lowest BCUT2D eigenvalue weighted by molar-refractivity contribution is 1.71. The summed E-state index contributed by atoms with van der Waals surface area (Å²) < 4.78 is 115. The Balaban J connectivity index is 0.000000201. The van der Waals surface area contributed by atoms with Crippen molar-refractivity contribution in [1.29, 1.82) is 0 Å². The van der Waals surface area contributed by atoms with E-state index in [1.165, 1.54) is 0 Å². The molecule has 0 bridgehead atoms. The van der Waals surface area contributed by atoms with Crippen molar-refractivity contribution < 1.29 is 20.6 Å². The Bertz CT molecular complexity index is 1250. The molecule has 4 aromatic carbocycles. The summed E-state index contributed by atoms with van der Waals surface area (Å²) in [7, 11) is 0. The molecule has 0 fully saturated rings. The molecule has 0 aliphatic rings. The van der Waals surface area contributed by atoms with Gasteiger partial charge in [0.1, 0.15) is 0 Å². The number of fused-ring (bicyclic) bond motifs is 2. The normalized spacial score (nSPS) is 20.1. The molecule has 21 heavy (non-hydrogen) atoms. The average molecular weight is 350 g/mol. The lowest BCUT2D eigenvalue weighted by Gasteiger charge is -1.97. The van der Waals surface area contributed by atoms with Crippen LogP contribution in [0.4, 0.5) is 0 Å². The molecule has 102 valence electrons. The Morgan fingerprint density at radius 3 is 1.52 bits per heavy atom. The van der Waals surface area contributed by atoms with Crippen LogP contribution >= 0.6 is 15.9 Å². The highest BCUT2D eigenvalue weighted by molar-refractivity contribution is 9.10. The van der Waals surface area contributed by atoms with Gasteiger partial charge in [-0.3, -0.25) is 0 Å². The second kappa shape index (κ2) is 6.55. The van der Waals surface area contributed by atoms with Crippen LogP contribution in [0.1, 0.15) is 20.6 Å². The molecule has 0 heterocycles. The monoisotopic (exact) mass is 349 g/mol. The van der Waals surface area contributed by atoms with E-state index in [0.717, 1.165) is 0 Å². The van der Waals surface area contributed by atoms with Gasteiger partial charge in [0.2, 0.25) is 0 Å². The molecule has 0 spiro atoms. The third kappa shape index (κ3) is 3.32. The molecule has 0 aliphatic heterocycles. The first-order valence-corrected chi connectivity index (χ1v) is 6.48. The predicted octanol–water partition coefficient (Wildman–Crippen LogP) is 6.44. The highest BCUT2D eigenvalue weighted by Crippen LogP contribution is 2.22. The molecular weight excluding hydrogens is 320 g/mol. The van der Waals surface area contributed by atoms with Gasteiger partial charge in [0, 0.05) is 4.47 Å².